The largest absolute Gasteiger partial charge is 0.382 e. The van der Waals surface area contributed by atoms with E-state index in [1.54, 1.807) is 18.6 Å². The van der Waals surface area contributed by atoms with Crippen molar-refractivity contribution in [3.8, 4) is 0 Å². The van der Waals surface area contributed by atoms with Gasteiger partial charge in [0.2, 0.25) is 6.10 Å². The normalized spacial score (nSPS) is 18.1. The number of aromatic nitrogens is 2. The Morgan fingerprint density at radius 2 is 2.37 bits per heavy atom. The summed E-state index contributed by atoms with van der Waals surface area (Å²) >= 11 is 0. The number of nitrogens with one attached hydrogen (secondary N) is 1. The fraction of sp³-hybridized carbons (Fsp3) is 0.538. The number of amides is 1. The lowest BCUT2D eigenvalue weighted by molar-refractivity contribution is -0.131. The second-order valence-corrected chi connectivity index (χ2v) is 4.77. The molecule has 0 spiro atoms. The van der Waals surface area contributed by atoms with E-state index in [-0.39, 0.29) is 5.91 Å². The zero-order valence-electron chi connectivity index (χ0n) is 11.2. The summed E-state index contributed by atoms with van der Waals surface area (Å²) in [5.74, 6) is 0.195. The molecular weight excluding hydrogens is 244 g/mol. The van der Waals surface area contributed by atoms with Crippen LogP contribution in [0.25, 0.3) is 0 Å². The molecule has 0 radical (unpaired) electrons. The van der Waals surface area contributed by atoms with Crippen LogP contribution in [0.5, 0.6) is 0 Å². The second kappa shape index (κ2) is 6.26. The van der Waals surface area contributed by atoms with Crippen LogP contribution in [-0.4, -0.2) is 34.2 Å². The van der Waals surface area contributed by atoms with Crippen molar-refractivity contribution in [3.05, 3.63) is 24.3 Å². The van der Waals surface area contributed by atoms with E-state index in [1.165, 1.54) is 0 Å². The van der Waals surface area contributed by atoms with Crippen molar-refractivity contribution >= 4 is 11.6 Å². The molecule has 0 aromatic carbocycles. The van der Waals surface area contributed by atoms with Gasteiger partial charge in [0, 0.05) is 38.0 Å². The van der Waals surface area contributed by atoms with E-state index in [0.717, 1.165) is 11.4 Å². The third-order valence-electron chi connectivity index (χ3n) is 2.95. The maximum atomic E-state index is 11.9. The Kier molecular flexibility index (Phi) is 4.43. The van der Waals surface area contributed by atoms with Crippen molar-refractivity contribution in [2.45, 2.75) is 32.8 Å². The molecule has 0 aliphatic carbocycles. The van der Waals surface area contributed by atoms with Gasteiger partial charge in [-0.3, -0.25) is 14.8 Å². The summed E-state index contributed by atoms with van der Waals surface area (Å²) in [6.45, 7) is 4.60. The molecule has 1 atom stereocenters. The molecule has 2 rings (SSSR count). The minimum atomic E-state index is -0.487. The number of oxime groups is 1. The third-order valence-corrected chi connectivity index (χ3v) is 2.95. The van der Waals surface area contributed by atoms with E-state index in [1.807, 2.05) is 13.8 Å². The number of carbonyl (C=O) groups is 1. The Morgan fingerprint density at radius 3 is 3.00 bits per heavy atom. The molecule has 6 heteroatoms. The summed E-state index contributed by atoms with van der Waals surface area (Å²) in [5.41, 5.74) is 1.79. The topological polar surface area (TPSA) is 76.5 Å². The van der Waals surface area contributed by atoms with Gasteiger partial charge >= 0.3 is 0 Å². The number of nitrogens with zero attached hydrogens (tertiary/aromatic N) is 3. The van der Waals surface area contributed by atoms with Crippen LogP contribution in [0.3, 0.4) is 0 Å². The summed E-state index contributed by atoms with van der Waals surface area (Å²) in [6, 6.07) is 0. The van der Waals surface area contributed by atoms with Gasteiger partial charge in [0.05, 0.1) is 11.4 Å². The summed E-state index contributed by atoms with van der Waals surface area (Å²) in [7, 11) is 0. The Balaban J connectivity index is 1.72. The number of hydrogen-bond acceptors (Lipinski definition) is 5. The van der Waals surface area contributed by atoms with Crippen LogP contribution in [-0.2, 0) is 16.1 Å². The van der Waals surface area contributed by atoms with Gasteiger partial charge in [0.1, 0.15) is 0 Å². The van der Waals surface area contributed by atoms with E-state index < -0.39 is 6.10 Å². The molecule has 0 fully saturated rings. The van der Waals surface area contributed by atoms with Crippen molar-refractivity contribution in [2.24, 2.45) is 11.1 Å². The lowest BCUT2D eigenvalue weighted by Crippen LogP contribution is -2.36. The van der Waals surface area contributed by atoms with Gasteiger partial charge in [-0.2, -0.15) is 0 Å². The highest BCUT2D eigenvalue weighted by Crippen LogP contribution is 2.15. The Morgan fingerprint density at radius 1 is 1.53 bits per heavy atom. The third kappa shape index (κ3) is 3.74. The molecule has 0 saturated heterocycles. The molecule has 1 unspecified atom stereocenters. The van der Waals surface area contributed by atoms with Crippen LogP contribution in [0.4, 0.5) is 0 Å². The van der Waals surface area contributed by atoms with Crippen LogP contribution in [0.2, 0.25) is 0 Å². The fourth-order valence-corrected chi connectivity index (χ4v) is 1.76. The summed E-state index contributed by atoms with van der Waals surface area (Å²) in [5, 5.41) is 6.76. The monoisotopic (exact) mass is 262 g/mol. The van der Waals surface area contributed by atoms with Crippen LogP contribution in [0.1, 0.15) is 26.0 Å². The Labute approximate surface area is 112 Å². The average molecular weight is 262 g/mol. The Hall–Kier alpha value is -1.98. The first-order valence-corrected chi connectivity index (χ1v) is 6.42. The smallest absolute Gasteiger partial charge is 0.264 e. The highest BCUT2D eigenvalue weighted by Gasteiger charge is 2.28. The number of hydrogen-bond donors (Lipinski definition) is 1. The van der Waals surface area contributed by atoms with Crippen LogP contribution >= 0.6 is 0 Å². The van der Waals surface area contributed by atoms with E-state index in [2.05, 4.69) is 20.4 Å². The molecular formula is C13H18N4O2. The molecule has 2 heterocycles. The van der Waals surface area contributed by atoms with Crippen molar-refractivity contribution < 1.29 is 9.63 Å². The highest BCUT2D eigenvalue weighted by molar-refractivity contribution is 5.93. The van der Waals surface area contributed by atoms with Crippen LogP contribution < -0.4 is 5.32 Å². The first-order chi connectivity index (χ1) is 9.16. The zero-order valence-corrected chi connectivity index (χ0v) is 11.2. The minimum Gasteiger partial charge on any atom is -0.382 e. The lowest BCUT2D eigenvalue weighted by Gasteiger charge is -2.09. The summed E-state index contributed by atoms with van der Waals surface area (Å²) < 4.78 is 0. The van der Waals surface area contributed by atoms with Gasteiger partial charge in [-0.05, 0) is 5.92 Å². The zero-order chi connectivity index (χ0) is 13.7. The Bertz CT molecular complexity index is 459. The van der Waals surface area contributed by atoms with Gasteiger partial charge in [0.25, 0.3) is 5.91 Å². The highest BCUT2D eigenvalue weighted by atomic mass is 16.6. The van der Waals surface area contributed by atoms with Crippen molar-refractivity contribution in [1.29, 1.82) is 0 Å². The standard InChI is InChI=1S/C13H18N4O2/c1-9(2)11-7-12(19-17-11)13(18)16-4-3-10-8-14-5-6-15-10/h5-6,8-9,12H,3-4,7H2,1-2H3,(H,16,18). The first kappa shape index (κ1) is 13.5. The van der Waals surface area contributed by atoms with Crippen molar-refractivity contribution in [1.82, 2.24) is 15.3 Å². The van der Waals surface area contributed by atoms with E-state index >= 15 is 0 Å². The van der Waals surface area contributed by atoms with E-state index in [9.17, 15) is 4.79 Å². The van der Waals surface area contributed by atoms with Crippen molar-refractivity contribution in [3.63, 3.8) is 0 Å². The fourth-order valence-electron chi connectivity index (χ4n) is 1.76. The first-order valence-electron chi connectivity index (χ1n) is 6.42. The van der Waals surface area contributed by atoms with Crippen LogP contribution in [0, 0.1) is 5.92 Å². The predicted molar refractivity (Wildman–Crippen MR) is 70.5 cm³/mol. The van der Waals surface area contributed by atoms with Gasteiger partial charge in [0.15, 0.2) is 0 Å². The van der Waals surface area contributed by atoms with Crippen molar-refractivity contribution in [2.75, 3.05) is 6.54 Å². The van der Waals surface area contributed by atoms with Gasteiger partial charge < -0.3 is 10.2 Å². The molecule has 1 aromatic rings. The van der Waals surface area contributed by atoms with Gasteiger partial charge in [-0.25, -0.2) is 0 Å². The van der Waals surface area contributed by atoms with E-state index in [0.29, 0.717) is 25.3 Å². The van der Waals surface area contributed by atoms with Gasteiger partial charge in [-0.15, -0.1) is 0 Å². The molecule has 19 heavy (non-hydrogen) atoms. The SMILES string of the molecule is CC(C)C1=NOC(C(=O)NCCc2cnccn2)C1. The molecule has 1 aliphatic heterocycles. The minimum absolute atomic E-state index is 0.122. The average Bonchev–Trinajstić information content (AvgIpc) is 2.89. The van der Waals surface area contributed by atoms with Gasteiger partial charge in [-0.1, -0.05) is 19.0 Å². The molecule has 0 saturated carbocycles. The number of rotatable bonds is 5. The summed E-state index contributed by atoms with van der Waals surface area (Å²) in [6.07, 6.45) is 5.70. The molecule has 102 valence electrons. The molecule has 1 aromatic heterocycles. The maximum Gasteiger partial charge on any atom is 0.264 e. The summed E-state index contributed by atoms with van der Waals surface area (Å²) in [4.78, 5) is 25.1. The predicted octanol–water partition coefficient (Wildman–Crippen LogP) is 0.936. The molecule has 1 aliphatic rings. The second-order valence-electron chi connectivity index (χ2n) is 4.77. The molecule has 6 nitrogen and oxygen atoms in total. The van der Waals surface area contributed by atoms with E-state index in [4.69, 9.17) is 4.84 Å². The van der Waals surface area contributed by atoms with Crippen LogP contribution in [0.15, 0.2) is 23.7 Å². The maximum absolute atomic E-state index is 11.9. The number of carbonyl (C=O) groups excluding carboxylic acids is 1. The molecule has 1 amide bonds. The molecule has 1 N–H and O–H groups in total. The lowest BCUT2D eigenvalue weighted by atomic mass is 10.0. The molecule has 0 bridgehead atoms. The quantitative estimate of drug-likeness (QED) is 0.856.